The third-order valence-corrected chi connectivity index (χ3v) is 3.26. The van der Waals surface area contributed by atoms with Gasteiger partial charge in [-0.25, -0.2) is 0 Å². The van der Waals surface area contributed by atoms with E-state index >= 15 is 0 Å². The number of nitrogens with one attached hydrogen (secondary N) is 1. The Morgan fingerprint density at radius 1 is 1.42 bits per heavy atom. The van der Waals surface area contributed by atoms with E-state index in [2.05, 4.69) is 16.3 Å². The van der Waals surface area contributed by atoms with Crippen LogP contribution in [0.15, 0.2) is 24.3 Å². The number of hydrogen-bond donors (Lipinski definition) is 1. The molecule has 1 aliphatic carbocycles. The number of aryl methyl sites for hydroxylation is 1. The fraction of sp³-hybridized carbons (Fsp3) is 0.467. The molecule has 2 rings (SSSR count). The molecule has 1 N–H and O–H groups in total. The predicted molar refractivity (Wildman–Crippen MR) is 74.6 cm³/mol. The van der Waals surface area contributed by atoms with Crippen LogP contribution in [0.2, 0.25) is 0 Å². The number of carbonyl (C=O) groups is 1. The molecule has 100 valence electrons. The Morgan fingerprint density at radius 2 is 2.11 bits per heavy atom. The van der Waals surface area contributed by atoms with Crippen LogP contribution in [0.5, 0.6) is 0 Å². The zero-order chi connectivity index (χ0) is 13.7. The number of amides is 1. The summed E-state index contributed by atoms with van der Waals surface area (Å²) in [5.74, 6) is -0.00584. The molecule has 1 aromatic rings. The lowest BCUT2D eigenvalue weighted by atomic mass is 10.2. The van der Waals surface area contributed by atoms with Crippen molar-refractivity contribution in [2.75, 3.05) is 18.4 Å². The number of benzene rings is 1. The average Bonchev–Trinajstić information content (AvgIpc) is 3.21. The van der Waals surface area contributed by atoms with Crippen molar-refractivity contribution in [3.05, 3.63) is 29.8 Å². The van der Waals surface area contributed by atoms with Gasteiger partial charge in [0.05, 0.1) is 12.6 Å². The Balaban J connectivity index is 1.85. The fourth-order valence-corrected chi connectivity index (χ4v) is 2.05. The van der Waals surface area contributed by atoms with Gasteiger partial charge in [0, 0.05) is 24.7 Å². The van der Waals surface area contributed by atoms with Crippen LogP contribution in [0.25, 0.3) is 0 Å². The van der Waals surface area contributed by atoms with Crippen LogP contribution < -0.4 is 5.32 Å². The third-order valence-electron chi connectivity index (χ3n) is 3.26. The Morgan fingerprint density at radius 3 is 2.68 bits per heavy atom. The zero-order valence-electron chi connectivity index (χ0n) is 11.2. The van der Waals surface area contributed by atoms with Crippen molar-refractivity contribution in [1.29, 1.82) is 5.26 Å². The van der Waals surface area contributed by atoms with Crippen LogP contribution >= 0.6 is 0 Å². The van der Waals surface area contributed by atoms with Crippen molar-refractivity contribution in [2.45, 2.75) is 32.2 Å². The Kier molecular flexibility index (Phi) is 4.53. The molecular weight excluding hydrogens is 238 g/mol. The van der Waals surface area contributed by atoms with Gasteiger partial charge in [0.15, 0.2) is 0 Å². The molecule has 0 radical (unpaired) electrons. The summed E-state index contributed by atoms with van der Waals surface area (Å²) in [6.07, 6.45) is 2.76. The van der Waals surface area contributed by atoms with Crippen LogP contribution in [0.3, 0.4) is 0 Å². The zero-order valence-corrected chi connectivity index (χ0v) is 11.2. The van der Waals surface area contributed by atoms with Gasteiger partial charge in [-0.05, 0) is 31.9 Å². The molecule has 1 amide bonds. The first-order chi connectivity index (χ1) is 9.19. The average molecular weight is 257 g/mol. The molecule has 0 saturated heterocycles. The van der Waals surface area contributed by atoms with Crippen LogP contribution in [0, 0.1) is 18.3 Å². The van der Waals surface area contributed by atoms with E-state index in [4.69, 9.17) is 5.26 Å². The largest absolute Gasteiger partial charge is 0.325 e. The molecule has 1 fully saturated rings. The summed E-state index contributed by atoms with van der Waals surface area (Å²) in [6, 6.07) is 10.4. The van der Waals surface area contributed by atoms with Crippen LogP contribution in [-0.2, 0) is 4.79 Å². The molecule has 1 saturated carbocycles. The molecule has 0 bridgehead atoms. The van der Waals surface area contributed by atoms with Gasteiger partial charge in [0.25, 0.3) is 0 Å². The summed E-state index contributed by atoms with van der Waals surface area (Å²) in [7, 11) is 0. The number of rotatable bonds is 6. The number of nitrogens with zero attached hydrogens (tertiary/aromatic N) is 2. The molecule has 0 aliphatic heterocycles. The maximum Gasteiger partial charge on any atom is 0.238 e. The molecular formula is C15H19N3O. The molecule has 0 aromatic heterocycles. The Labute approximate surface area is 114 Å². The number of nitriles is 1. The van der Waals surface area contributed by atoms with E-state index in [-0.39, 0.29) is 5.91 Å². The van der Waals surface area contributed by atoms with Crippen molar-refractivity contribution in [3.63, 3.8) is 0 Å². The summed E-state index contributed by atoms with van der Waals surface area (Å²) < 4.78 is 0. The predicted octanol–water partition coefficient (Wildman–Crippen LogP) is 2.31. The van der Waals surface area contributed by atoms with Crippen molar-refractivity contribution in [3.8, 4) is 6.07 Å². The second kappa shape index (κ2) is 6.35. The highest BCUT2D eigenvalue weighted by Gasteiger charge is 2.29. The summed E-state index contributed by atoms with van der Waals surface area (Å²) in [5.41, 5.74) is 2.00. The molecule has 4 heteroatoms. The molecule has 1 aliphatic rings. The minimum atomic E-state index is -0.00584. The first-order valence-corrected chi connectivity index (χ1v) is 6.66. The maximum absolute atomic E-state index is 12.0. The SMILES string of the molecule is Cc1ccc(NC(=O)CN(CCC#N)C2CC2)cc1. The van der Waals surface area contributed by atoms with E-state index in [1.807, 2.05) is 31.2 Å². The van der Waals surface area contributed by atoms with E-state index in [1.165, 1.54) is 5.56 Å². The van der Waals surface area contributed by atoms with E-state index in [9.17, 15) is 4.79 Å². The van der Waals surface area contributed by atoms with Crippen molar-refractivity contribution in [2.24, 2.45) is 0 Å². The molecule has 1 aromatic carbocycles. The monoisotopic (exact) mass is 257 g/mol. The molecule has 0 unspecified atom stereocenters. The molecule has 0 spiro atoms. The van der Waals surface area contributed by atoms with Gasteiger partial charge >= 0.3 is 0 Å². The van der Waals surface area contributed by atoms with E-state index < -0.39 is 0 Å². The lowest BCUT2D eigenvalue weighted by molar-refractivity contribution is -0.117. The molecule has 0 heterocycles. The molecule has 0 atom stereocenters. The van der Waals surface area contributed by atoms with Gasteiger partial charge in [-0.2, -0.15) is 5.26 Å². The van der Waals surface area contributed by atoms with Gasteiger partial charge in [-0.15, -0.1) is 0 Å². The highest BCUT2D eigenvalue weighted by Crippen LogP contribution is 2.26. The first kappa shape index (κ1) is 13.6. The first-order valence-electron chi connectivity index (χ1n) is 6.66. The lowest BCUT2D eigenvalue weighted by Crippen LogP contribution is -2.35. The normalized spacial score (nSPS) is 14.2. The highest BCUT2D eigenvalue weighted by atomic mass is 16.2. The van der Waals surface area contributed by atoms with E-state index in [0.717, 1.165) is 18.5 Å². The minimum Gasteiger partial charge on any atom is -0.325 e. The highest BCUT2D eigenvalue weighted by molar-refractivity contribution is 5.92. The van der Waals surface area contributed by atoms with Crippen LogP contribution in [0.1, 0.15) is 24.8 Å². The minimum absolute atomic E-state index is 0.00584. The number of carbonyl (C=O) groups excluding carboxylic acids is 1. The maximum atomic E-state index is 12.0. The fourth-order valence-electron chi connectivity index (χ4n) is 2.05. The smallest absolute Gasteiger partial charge is 0.238 e. The summed E-state index contributed by atoms with van der Waals surface area (Å²) >= 11 is 0. The quantitative estimate of drug-likeness (QED) is 0.850. The standard InChI is InChI=1S/C15H19N3O/c1-12-3-5-13(6-4-12)17-15(19)11-18(10-2-9-16)14-7-8-14/h3-6,14H,2,7-8,10-11H2,1H3,(H,17,19). The summed E-state index contributed by atoms with van der Waals surface area (Å²) in [4.78, 5) is 14.1. The van der Waals surface area contributed by atoms with Gasteiger partial charge in [-0.3, -0.25) is 9.69 Å². The van der Waals surface area contributed by atoms with Crippen LogP contribution in [0.4, 0.5) is 5.69 Å². The molecule has 19 heavy (non-hydrogen) atoms. The van der Waals surface area contributed by atoms with Crippen molar-refractivity contribution < 1.29 is 4.79 Å². The van der Waals surface area contributed by atoms with E-state index in [1.54, 1.807) is 0 Å². The molecule has 4 nitrogen and oxygen atoms in total. The number of hydrogen-bond acceptors (Lipinski definition) is 3. The van der Waals surface area contributed by atoms with Gasteiger partial charge in [0.1, 0.15) is 0 Å². The van der Waals surface area contributed by atoms with Crippen LogP contribution in [-0.4, -0.2) is 29.9 Å². The van der Waals surface area contributed by atoms with Gasteiger partial charge < -0.3 is 5.32 Å². The van der Waals surface area contributed by atoms with Crippen molar-refractivity contribution in [1.82, 2.24) is 4.90 Å². The Bertz CT molecular complexity index is 471. The number of anilines is 1. The third kappa shape index (κ3) is 4.38. The van der Waals surface area contributed by atoms with Crippen molar-refractivity contribution >= 4 is 11.6 Å². The van der Waals surface area contributed by atoms with Gasteiger partial charge in [0.2, 0.25) is 5.91 Å². The second-order valence-corrected chi connectivity index (χ2v) is 5.02. The Hall–Kier alpha value is -1.86. The summed E-state index contributed by atoms with van der Waals surface area (Å²) in [5, 5.41) is 11.5. The second-order valence-electron chi connectivity index (χ2n) is 5.02. The topological polar surface area (TPSA) is 56.1 Å². The summed E-state index contributed by atoms with van der Waals surface area (Å²) in [6.45, 7) is 3.07. The van der Waals surface area contributed by atoms with Gasteiger partial charge in [-0.1, -0.05) is 17.7 Å². The van der Waals surface area contributed by atoms with E-state index in [0.29, 0.717) is 25.6 Å². The lowest BCUT2D eigenvalue weighted by Gasteiger charge is -2.19.